The van der Waals surface area contributed by atoms with Crippen molar-refractivity contribution in [3.63, 3.8) is 0 Å². The van der Waals surface area contributed by atoms with Gasteiger partial charge in [-0.2, -0.15) is 0 Å². The fourth-order valence-electron chi connectivity index (χ4n) is 6.04. The summed E-state index contributed by atoms with van der Waals surface area (Å²) in [6, 6.07) is 41.8. The van der Waals surface area contributed by atoms with Crippen molar-refractivity contribution in [2.45, 2.75) is 0 Å². The van der Waals surface area contributed by atoms with Gasteiger partial charge in [0.1, 0.15) is 16.9 Å². The van der Waals surface area contributed by atoms with Crippen LogP contribution in [0.5, 0.6) is 23.0 Å². The Morgan fingerprint density at radius 2 is 1.07 bits per heavy atom. The molecule has 7 aromatic rings. The van der Waals surface area contributed by atoms with Gasteiger partial charge in [-0.05, 0) is 89.0 Å². The van der Waals surface area contributed by atoms with Gasteiger partial charge in [-0.25, -0.2) is 0 Å². The molecule has 5 heteroatoms. The van der Waals surface area contributed by atoms with Crippen molar-refractivity contribution in [1.29, 1.82) is 0 Å². The second kappa shape index (κ2) is 8.59. The molecule has 2 aliphatic heterocycles. The summed E-state index contributed by atoms with van der Waals surface area (Å²) in [6.07, 6.45) is 0. The predicted octanol–water partition coefficient (Wildman–Crippen LogP) is 9.96. The first-order valence-electron chi connectivity index (χ1n) is 13.8. The van der Waals surface area contributed by atoms with Crippen LogP contribution in [-0.4, -0.2) is 0 Å². The van der Waals surface area contributed by atoms with Gasteiger partial charge in [-0.3, -0.25) is 9.69 Å². The normalized spacial score (nSPS) is 12.7. The van der Waals surface area contributed by atoms with E-state index in [4.69, 9.17) is 13.9 Å². The number of hydrogen-bond donors (Lipinski definition) is 0. The molecule has 0 radical (unpaired) electrons. The van der Waals surface area contributed by atoms with Gasteiger partial charge in [-0.15, -0.1) is 0 Å². The number of ether oxygens (including phenoxy) is 2. The summed E-state index contributed by atoms with van der Waals surface area (Å²) < 4.78 is 18.7. The lowest BCUT2D eigenvalue weighted by Gasteiger charge is -2.37. The Hall–Kier alpha value is -5.81. The molecule has 3 heterocycles. The number of anilines is 3. The third-order valence-electron chi connectivity index (χ3n) is 8.04. The number of benzene rings is 6. The standard InChI is InChI=1S/C37H21NO4/c39-37-26-9-1-3-11-30(26)40-35-21-25(15-17-27(35)37)23-8-5-7-22(19-23)24-16-18-32-29(20-24)38-28-10-2-4-12-31(28)41-33-13-6-14-34(42-32)36(33)38/h1-21H. The van der Waals surface area contributed by atoms with E-state index in [2.05, 4.69) is 47.4 Å². The molecule has 0 saturated heterocycles. The Morgan fingerprint density at radius 3 is 1.93 bits per heavy atom. The van der Waals surface area contributed by atoms with E-state index in [0.29, 0.717) is 21.9 Å². The van der Waals surface area contributed by atoms with E-state index in [9.17, 15) is 4.79 Å². The molecule has 0 spiro atoms. The van der Waals surface area contributed by atoms with Gasteiger partial charge < -0.3 is 13.9 Å². The summed E-state index contributed by atoms with van der Waals surface area (Å²) in [5.74, 6) is 3.12. The first-order valence-corrected chi connectivity index (χ1v) is 13.8. The molecule has 198 valence electrons. The summed E-state index contributed by atoms with van der Waals surface area (Å²) in [4.78, 5) is 15.3. The van der Waals surface area contributed by atoms with Crippen LogP contribution in [0, 0.1) is 0 Å². The highest BCUT2D eigenvalue weighted by molar-refractivity contribution is 5.95. The minimum absolute atomic E-state index is 0.0159. The largest absolute Gasteiger partial charge is 0.456 e. The highest BCUT2D eigenvalue weighted by Crippen LogP contribution is 2.59. The molecule has 42 heavy (non-hydrogen) atoms. The van der Waals surface area contributed by atoms with Crippen LogP contribution in [0.1, 0.15) is 0 Å². The molecule has 0 N–H and O–H groups in total. The summed E-state index contributed by atoms with van der Waals surface area (Å²) in [6.45, 7) is 0. The van der Waals surface area contributed by atoms with Gasteiger partial charge in [0.2, 0.25) is 5.43 Å². The number of nitrogens with zero attached hydrogens (tertiary/aromatic N) is 1. The topological polar surface area (TPSA) is 51.9 Å². The molecule has 9 rings (SSSR count). The monoisotopic (exact) mass is 543 g/mol. The first kappa shape index (κ1) is 22.9. The summed E-state index contributed by atoms with van der Waals surface area (Å²) in [5.41, 5.74) is 8.11. The molecule has 5 nitrogen and oxygen atoms in total. The Labute approximate surface area is 240 Å². The maximum absolute atomic E-state index is 13.0. The Kier molecular flexibility index (Phi) is 4.70. The summed E-state index contributed by atoms with van der Waals surface area (Å²) >= 11 is 0. The molecule has 0 atom stereocenters. The third-order valence-corrected chi connectivity index (χ3v) is 8.04. The lowest BCUT2D eigenvalue weighted by atomic mass is 9.97. The second-order valence-corrected chi connectivity index (χ2v) is 10.5. The molecule has 0 bridgehead atoms. The van der Waals surface area contributed by atoms with Crippen LogP contribution in [0.2, 0.25) is 0 Å². The van der Waals surface area contributed by atoms with Crippen LogP contribution in [0.3, 0.4) is 0 Å². The van der Waals surface area contributed by atoms with E-state index < -0.39 is 0 Å². The predicted molar refractivity (Wildman–Crippen MR) is 166 cm³/mol. The number of rotatable bonds is 2. The fourth-order valence-corrected chi connectivity index (χ4v) is 6.04. The molecular weight excluding hydrogens is 522 g/mol. The SMILES string of the molecule is O=c1c2ccccc2oc2cc(-c3cccc(-c4ccc5c(c4)N4c6ccccc6Oc6cccc(c64)O5)c3)ccc12. The van der Waals surface area contributed by atoms with Crippen molar-refractivity contribution in [2.24, 2.45) is 0 Å². The second-order valence-electron chi connectivity index (χ2n) is 10.5. The van der Waals surface area contributed by atoms with Gasteiger partial charge in [0.15, 0.2) is 23.0 Å². The van der Waals surface area contributed by atoms with E-state index >= 15 is 0 Å². The van der Waals surface area contributed by atoms with Crippen LogP contribution in [0.4, 0.5) is 17.1 Å². The molecule has 0 saturated carbocycles. The lowest BCUT2D eigenvalue weighted by Crippen LogP contribution is -2.20. The van der Waals surface area contributed by atoms with E-state index in [1.165, 1.54) is 0 Å². The molecule has 2 aliphatic rings. The van der Waals surface area contributed by atoms with E-state index in [-0.39, 0.29) is 5.43 Å². The average molecular weight is 544 g/mol. The Morgan fingerprint density at radius 1 is 0.452 bits per heavy atom. The quantitative estimate of drug-likeness (QED) is 0.203. The van der Waals surface area contributed by atoms with Gasteiger partial charge >= 0.3 is 0 Å². The minimum atomic E-state index is -0.0159. The average Bonchev–Trinajstić information content (AvgIpc) is 3.04. The maximum atomic E-state index is 13.0. The molecule has 6 aromatic carbocycles. The van der Waals surface area contributed by atoms with Crippen molar-refractivity contribution >= 4 is 39.0 Å². The molecule has 0 aliphatic carbocycles. The van der Waals surface area contributed by atoms with Gasteiger partial charge in [0, 0.05) is 0 Å². The number of fused-ring (bicyclic) bond motifs is 6. The Balaban J connectivity index is 1.16. The molecule has 0 amide bonds. The van der Waals surface area contributed by atoms with Crippen LogP contribution in [0.25, 0.3) is 44.2 Å². The van der Waals surface area contributed by atoms with Gasteiger partial charge in [0.05, 0.1) is 22.1 Å². The van der Waals surface area contributed by atoms with Gasteiger partial charge in [0.25, 0.3) is 0 Å². The van der Waals surface area contributed by atoms with Crippen molar-refractivity contribution in [3.05, 3.63) is 138 Å². The van der Waals surface area contributed by atoms with E-state index in [1.54, 1.807) is 6.07 Å². The van der Waals surface area contributed by atoms with E-state index in [1.807, 2.05) is 78.9 Å². The molecular formula is C37H21NO4. The maximum Gasteiger partial charge on any atom is 0.200 e. The van der Waals surface area contributed by atoms with Crippen LogP contribution in [-0.2, 0) is 0 Å². The summed E-state index contributed by atoms with van der Waals surface area (Å²) in [7, 11) is 0. The number of hydrogen-bond acceptors (Lipinski definition) is 5. The third kappa shape index (κ3) is 3.34. The molecule has 0 unspecified atom stereocenters. The smallest absolute Gasteiger partial charge is 0.200 e. The lowest BCUT2D eigenvalue weighted by molar-refractivity contribution is 0.446. The molecule has 0 fully saturated rings. The highest BCUT2D eigenvalue weighted by Gasteiger charge is 2.34. The number of para-hydroxylation sites is 4. The molecule has 1 aromatic heterocycles. The van der Waals surface area contributed by atoms with Crippen molar-refractivity contribution in [3.8, 4) is 45.3 Å². The zero-order valence-electron chi connectivity index (χ0n) is 22.2. The zero-order valence-corrected chi connectivity index (χ0v) is 22.2. The van der Waals surface area contributed by atoms with Crippen molar-refractivity contribution in [2.75, 3.05) is 4.90 Å². The summed E-state index contributed by atoms with van der Waals surface area (Å²) in [5, 5.41) is 1.17. The van der Waals surface area contributed by atoms with Crippen LogP contribution < -0.4 is 19.8 Å². The van der Waals surface area contributed by atoms with Crippen LogP contribution >= 0.6 is 0 Å². The zero-order chi connectivity index (χ0) is 27.8. The highest BCUT2D eigenvalue weighted by atomic mass is 16.5. The van der Waals surface area contributed by atoms with Crippen molar-refractivity contribution in [1.82, 2.24) is 0 Å². The minimum Gasteiger partial charge on any atom is -0.456 e. The van der Waals surface area contributed by atoms with Crippen LogP contribution in [0.15, 0.2) is 137 Å². The van der Waals surface area contributed by atoms with E-state index in [0.717, 1.165) is 62.3 Å². The fraction of sp³-hybridized carbons (Fsp3) is 0. The van der Waals surface area contributed by atoms with Gasteiger partial charge in [-0.1, -0.05) is 60.7 Å². The Bertz CT molecular complexity index is 2290. The van der Waals surface area contributed by atoms with Crippen molar-refractivity contribution < 1.29 is 13.9 Å². The first-order chi connectivity index (χ1) is 20.7.